The van der Waals surface area contributed by atoms with E-state index in [0.717, 1.165) is 28.1 Å². The maximum atomic E-state index is 11.2. The number of hydrogen-bond donors (Lipinski definition) is 3. The van der Waals surface area contributed by atoms with Gasteiger partial charge in [0.2, 0.25) is 5.91 Å². The molecule has 2 aromatic carbocycles. The fraction of sp³-hybridized carbons (Fsp3) is 0.130. The topological polar surface area (TPSA) is 69.8 Å². The highest BCUT2D eigenvalue weighted by molar-refractivity contribution is 5.89. The molecule has 0 saturated heterocycles. The van der Waals surface area contributed by atoms with E-state index in [9.17, 15) is 4.79 Å². The Bertz CT molecular complexity index is 1100. The van der Waals surface area contributed by atoms with Crippen molar-refractivity contribution in [2.45, 2.75) is 19.9 Å². The minimum Gasteiger partial charge on any atom is -0.374 e. The van der Waals surface area contributed by atoms with E-state index in [1.807, 2.05) is 54.9 Å². The normalized spacial score (nSPS) is 11.9. The van der Waals surface area contributed by atoms with Gasteiger partial charge in [0.1, 0.15) is 0 Å². The number of nitrogens with one attached hydrogen (secondary N) is 3. The molecular formula is C23H22N4O. The van der Waals surface area contributed by atoms with Gasteiger partial charge >= 0.3 is 0 Å². The van der Waals surface area contributed by atoms with Crippen LogP contribution < -0.4 is 10.6 Å². The van der Waals surface area contributed by atoms with Crippen molar-refractivity contribution < 1.29 is 4.79 Å². The summed E-state index contributed by atoms with van der Waals surface area (Å²) in [7, 11) is 0. The third-order valence-corrected chi connectivity index (χ3v) is 4.79. The minimum absolute atomic E-state index is 0.0363. The van der Waals surface area contributed by atoms with Gasteiger partial charge in [-0.25, -0.2) is 0 Å². The van der Waals surface area contributed by atoms with E-state index in [0.29, 0.717) is 0 Å². The van der Waals surface area contributed by atoms with Gasteiger partial charge in [-0.15, -0.1) is 0 Å². The quantitative estimate of drug-likeness (QED) is 0.461. The van der Waals surface area contributed by atoms with Crippen LogP contribution in [0.25, 0.3) is 10.9 Å². The van der Waals surface area contributed by atoms with Gasteiger partial charge in [0, 0.05) is 52.9 Å². The molecule has 140 valence electrons. The van der Waals surface area contributed by atoms with Gasteiger partial charge in [0.15, 0.2) is 0 Å². The van der Waals surface area contributed by atoms with Crippen LogP contribution in [0.2, 0.25) is 0 Å². The highest BCUT2D eigenvalue weighted by Crippen LogP contribution is 2.34. The Labute approximate surface area is 163 Å². The average Bonchev–Trinajstić information content (AvgIpc) is 3.03. The molecule has 0 aliphatic carbocycles. The number of pyridine rings is 1. The van der Waals surface area contributed by atoms with Crippen molar-refractivity contribution in [1.29, 1.82) is 0 Å². The second kappa shape index (κ2) is 7.56. The summed E-state index contributed by atoms with van der Waals surface area (Å²) in [6, 6.07) is 20.1. The number of para-hydroxylation sites is 1. The molecule has 0 bridgehead atoms. The first-order valence-electron chi connectivity index (χ1n) is 9.23. The van der Waals surface area contributed by atoms with Crippen molar-refractivity contribution in [3.05, 3.63) is 89.9 Å². The predicted octanol–water partition coefficient (Wildman–Crippen LogP) is 5.03. The average molecular weight is 370 g/mol. The maximum Gasteiger partial charge on any atom is 0.221 e. The highest BCUT2D eigenvalue weighted by Gasteiger charge is 2.20. The highest BCUT2D eigenvalue weighted by atomic mass is 16.1. The molecule has 0 aliphatic rings. The molecule has 0 aliphatic heterocycles. The number of aryl methyl sites for hydroxylation is 1. The first kappa shape index (κ1) is 17.8. The zero-order chi connectivity index (χ0) is 19.5. The largest absolute Gasteiger partial charge is 0.374 e. The zero-order valence-corrected chi connectivity index (χ0v) is 15.9. The summed E-state index contributed by atoms with van der Waals surface area (Å²) < 4.78 is 0. The number of fused-ring (bicyclic) bond motifs is 1. The number of rotatable bonds is 5. The summed E-state index contributed by atoms with van der Waals surface area (Å²) in [6.07, 6.45) is 3.63. The van der Waals surface area contributed by atoms with Gasteiger partial charge in [-0.3, -0.25) is 9.78 Å². The molecule has 0 spiro atoms. The number of aromatic nitrogens is 2. The van der Waals surface area contributed by atoms with Crippen LogP contribution in [0.3, 0.4) is 0 Å². The zero-order valence-electron chi connectivity index (χ0n) is 15.9. The van der Waals surface area contributed by atoms with Gasteiger partial charge in [0.25, 0.3) is 0 Å². The minimum atomic E-state index is -0.0789. The van der Waals surface area contributed by atoms with E-state index in [2.05, 4.69) is 45.7 Å². The Kier molecular flexibility index (Phi) is 4.81. The predicted molar refractivity (Wildman–Crippen MR) is 113 cm³/mol. The van der Waals surface area contributed by atoms with Crippen molar-refractivity contribution in [2.24, 2.45) is 0 Å². The van der Waals surface area contributed by atoms with Crippen molar-refractivity contribution in [3.63, 3.8) is 0 Å². The molecule has 0 saturated carbocycles. The fourth-order valence-electron chi connectivity index (χ4n) is 3.57. The van der Waals surface area contributed by atoms with Crippen LogP contribution in [0.4, 0.5) is 11.4 Å². The van der Waals surface area contributed by atoms with Gasteiger partial charge in [-0.1, -0.05) is 18.2 Å². The van der Waals surface area contributed by atoms with Gasteiger partial charge in [-0.2, -0.15) is 0 Å². The summed E-state index contributed by atoms with van der Waals surface area (Å²) in [5.41, 5.74) is 6.35. The van der Waals surface area contributed by atoms with Crippen LogP contribution in [-0.4, -0.2) is 15.9 Å². The number of nitrogens with zero attached hydrogens (tertiary/aromatic N) is 1. The van der Waals surface area contributed by atoms with Crippen LogP contribution >= 0.6 is 0 Å². The van der Waals surface area contributed by atoms with Crippen LogP contribution in [0.1, 0.15) is 29.8 Å². The summed E-state index contributed by atoms with van der Waals surface area (Å²) in [4.78, 5) is 18.9. The lowest BCUT2D eigenvalue weighted by atomic mass is 9.96. The molecule has 0 unspecified atom stereocenters. The van der Waals surface area contributed by atoms with E-state index in [1.54, 1.807) is 0 Å². The van der Waals surface area contributed by atoms with Gasteiger partial charge in [0.05, 0.1) is 6.04 Å². The lowest BCUT2D eigenvalue weighted by Crippen LogP contribution is -2.13. The number of carbonyl (C=O) groups excluding carboxylic acids is 1. The Morgan fingerprint density at radius 2 is 1.64 bits per heavy atom. The number of H-pyrrole nitrogens is 1. The third kappa shape index (κ3) is 3.60. The maximum absolute atomic E-state index is 11.2. The molecule has 4 rings (SSSR count). The molecule has 5 heteroatoms. The molecule has 2 aromatic heterocycles. The van der Waals surface area contributed by atoms with E-state index in [1.165, 1.54) is 17.9 Å². The Hall–Kier alpha value is -3.60. The Morgan fingerprint density at radius 3 is 2.36 bits per heavy atom. The van der Waals surface area contributed by atoms with Crippen LogP contribution in [0.5, 0.6) is 0 Å². The number of hydrogen-bond acceptors (Lipinski definition) is 3. The molecule has 0 radical (unpaired) electrons. The molecule has 0 fully saturated rings. The molecule has 5 nitrogen and oxygen atoms in total. The van der Waals surface area contributed by atoms with Gasteiger partial charge < -0.3 is 15.6 Å². The second-order valence-corrected chi connectivity index (χ2v) is 6.83. The molecule has 4 aromatic rings. The van der Waals surface area contributed by atoms with E-state index in [4.69, 9.17) is 0 Å². The molecule has 1 amide bonds. The summed E-state index contributed by atoms with van der Waals surface area (Å²) >= 11 is 0. The van der Waals surface area contributed by atoms with Crippen molar-refractivity contribution >= 4 is 28.2 Å². The molecule has 28 heavy (non-hydrogen) atoms. The monoisotopic (exact) mass is 370 g/mol. The molecular weight excluding hydrogens is 348 g/mol. The van der Waals surface area contributed by atoms with Crippen molar-refractivity contribution in [3.8, 4) is 0 Å². The van der Waals surface area contributed by atoms with Crippen molar-refractivity contribution in [2.75, 3.05) is 10.6 Å². The standard InChI is InChI=1S/C23H22N4O/c1-15-22(20-5-3-4-6-21(20)25-15)23(17-11-13-24-14-12-17)27-19-9-7-18(8-10-19)26-16(2)28/h3-14,23,25,27H,1-2H3,(H,26,28)/t23-/m0/s1. The lowest BCUT2D eigenvalue weighted by molar-refractivity contribution is -0.114. The third-order valence-electron chi connectivity index (χ3n) is 4.79. The SMILES string of the molecule is CC(=O)Nc1ccc(N[C@@H](c2ccncc2)c2c(C)[nH]c3ccccc23)cc1. The summed E-state index contributed by atoms with van der Waals surface area (Å²) in [6.45, 7) is 3.61. The summed E-state index contributed by atoms with van der Waals surface area (Å²) in [5, 5.41) is 7.65. The first-order chi connectivity index (χ1) is 13.6. The smallest absolute Gasteiger partial charge is 0.221 e. The molecule has 3 N–H and O–H groups in total. The number of benzene rings is 2. The first-order valence-corrected chi connectivity index (χ1v) is 9.23. The molecule has 2 heterocycles. The van der Waals surface area contributed by atoms with Gasteiger partial charge in [-0.05, 0) is 55.0 Å². The second-order valence-electron chi connectivity index (χ2n) is 6.83. The van der Waals surface area contributed by atoms with Crippen LogP contribution in [-0.2, 0) is 4.79 Å². The number of carbonyl (C=O) groups is 1. The van der Waals surface area contributed by atoms with E-state index < -0.39 is 0 Å². The lowest BCUT2D eigenvalue weighted by Gasteiger charge is -2.21. The van der Waals surface area contributed by atoms with E-state index in [-0.39, 0.29) is 11.9 Å². The fourth-order valence-corrected chi connectivity index (χ4v) is 3.57. The van der Waals surface area contributed by atoms with E-state index >= 15 is 0 Å². The number of anilines is 2. The Morgan fingerprint density at radius 1 is 0.964 bits per heavy atom. The number of amides is 1. The molecule has 1 atom stereocenters. The van der Waals surface area contributed by atoms with Crippen LogP contribution in [0, 0.1) is 6.92 Å². The summed E-state index contributed by atoms with van der Waals surface area (Å²) in [5.74, 6) is -0.0789. The van der Waals surface area contributed by atoms with Crippen LogP contribution in [0.15, 0.2) is 73.1 Å². The number of aromatic amines is 1. The van der Waals surface area contributed by atoms with Crippen molar-refractivity contribution in [1.82, 2.24) is 9.97 Å². The Balaban J connectivity index is 1.75.